The van der Waals surface area contributed by atoms with Crippen molar-refractivity contribution < 1.29 is 17.2 Å². The van der Waals surface area contributed by atoms with Crippen molar-refractivity contribution in [1.82, 2.24) is 14.5 Å². The van der Waals surface area contributed by atoms with Crippen LogP contribution in [0.4, 0.5) is 8.78 Å². The molecule has 3 heterocycles. The lowest BCUT2D eigenvalue weighted by atomic mass is 10.1. The fraction of sp³-hybridized carbons (Fsp3) is 0.538. The van der Waals surface area contributed by atoms with Gasteiger partial charge in [-0.05, 0) is 12.1 Å². The van der Waals surface area contributed by atoms with E-state index in [0.717, 1.165) is 50.9 Å². The van der Waals surface area contributed by atoms with Crippen LogP contribution in [0.2, 0.25) is 0 Å². The van der Waals surface area contributed by atoms with Crippen LogP contribution in [-0.2, 0) is 10.0 Å². The largest absolute Gasteiger partial charge is 0.299 e. The Morgan fingerprint density at radius 2 is 1.76 bits per heavy atom. The first-order valence-electron chi connectivity index (χ1n) is 6.87. The van der Waals surface area contributed by atoms with Crippen molar-refractivity contribution in [3.05, 3.63) is 29.8 Å². The number of halogens is 2. The molecule has 3 saturated heterocycles. The third kappa shape index (κ3) is 2.94. The number of nitrogens with one attached hydrogen (secondary N) is 1. The Morgan fingerprint density at radius 3 is 2.29 bits per heavy atom. The number of benzene rings is 1. The molecule has 1 aromatic carbocycles. The summed E-state index contributed by atoms with van der Waals surface area (Å²) in [7, 11) is -4.18. The summed E-state index contributed by atoms with van der Waals surface area (Å²) in [6.45, 7) is 4.73. The standard InChI is InChI=1S/C13H17F2N3O2S/c14-11-2-1-3-12(15)13(11)21(19,20)16-8-10-9-17-4-6-18(10)7-5-17/h1-3,10,16H,4-9H2. The first-order valence-corrected chi connectivity index (χ1v) is 8.36. The van der Waals surface area contributed by atoms with Crippen molar-refractivity contribution in [1.29, 1.82) is 0 Å². The summed E-state index contributed by atoms with van der Waals surface area (Å²) in [4.78, 5) is 3.57. The van der Waals surface area contributed by atoms with Gasteiger partial charge < -0.3 is 0 Å². The van der Waals surface area contributed by atoms with Crippen LogP contribution in [0, 0.1) is 11.6 Å². The van der Waals surface area contributed by atoms with E-state index in [0.29, 0.717) is 0 Å². The number of hydrogen-bond donors (Lipinski definition) is 1. The van der Waals surface area contributed by atoms with Crippen molar-refractivity contribution in [3.8, 4) is 0 Å². The van der Waals surface area contributed by atoms with Crippen LogP contribution in [0.25, 0.3) is 0 Å². The molecule has 3 aliphatic heterocycles. The quantitative estimate of drug-likeness (QED) is 0.864. The Kier molecular flexibility index (Phi) is 3.96. The zero-order chi connectivity index (χ0) is 15.0. The van der Waals surface area contributed by atoms with E-state index in [9.17, 15) is 17.2 Å². The van der Waals surface area contributed by atoms with Crippen LogP contribution >= 0.6 is 0 Å². The highest BCUT2D eigenvalue weighted by Gasteiger charge is 2.33. The van der Waals surface area contributed by atoms with Gasteiger partial charge in [0.25, 0.3) is 0 Å². The Hall–Kier alpha value is -1.09. The molecule has 3 fully saturated rings. The van der Waals surface area contributed by atoms with Crippen LogP contribution in [0.1, 0.15) is 0 Å². The summed E-state index contributed by atoms with van der Waals surface area (Å²) in [6, 6.07) is 3.07. The molecule has 1 atom stereocenters. The highest BCUT2D eigenvalue weighted by molar-refractivity contribution is 7.89. The van der Waals surface area contributed by atoms with Gasteiger partial charge >= 0.3 is 0 Å². The maximum Gasteiger partial charge on any atom is 0.246 e. The van der Waals surface area contributed by atoms with Gasteiger partial charge in [0.15, 0.2) is 4.90 Å². The second kappa shape index (κ2) is 5.60. The zero-order valence-electron chi connectivity index (χ0n) is 11.4. The van der Waals surface area contributed by atoms with Crippen LogP contribution in [0.3, 0.4) is 0 Å². The van der Waals surface area contributed by atoms with Crippen LogP contribution in [0.15, 0.2) is 23.1 Å². The van der Waals surface area contributed by atoms with Gasteiger partial charge in [0.2, 0.25) is 10.0 Å². The van der Waals surface area contributed by atoms with Crippen LogP contribution < -0.4 is 4.72 Å². The van der Waals surface area contributed by atoms with Gasteiger partial charge in [-0.1, -0.05) is 6.07 Å². The fourth-order valence-corrected chi connectivity index (χ4v) is 4.14. The van der Waals surface area contributed by atoms with Gasteiger partial charge in [0.1, 0.15) is 11.6 Å². The Morgan fingerprint density at radius 1 is 1.14 bits per heavy atom. The Labute approximate surface area is 122 Å². The van der Waals surface area contributed by atoms with Crippen molar-refractivity contribution in [2.24, 2.45) is 0 Å². The number of piperazine rings is 3. The third-order valence-corrected chi connectivity index (χ3v) is 5.56. The molecule has 5 nitrogen and oxygen atoms in total. The van der Waals surface area contributed by atoms with Crippen molar-refractivity contribution >= 4 is 10.0 Å². The number of fused-ring (bicyclic) bond motifs is 3. The van der Waals surface area contributed by atoms with Gasteiger partial charge in [0.05, 0.1) is 0 Å². The highest BCUT2D eigenvalue weighted by atomic mass is 32.2. The zero-order valence-corrected chi connectivity index (χ0v) is 12.2. The smallest absolute Gasteiger partial charge is 0.246 e. The van der Waals surface area contributed by atoms with Gasteiger partial charge in [-0.15, -0.1) is 0 Å². The topological polar surface area (TPSA) is 52.7 Å². The van der Waals surface area contributed by atoms with Crippen LogP contribution in [-0.4, -0.2) is 63.5 Å². The molecule has 0 radical (unpaired) electrons. The van der Waals surface area contributed by atoms with E-state index in [1.807, 2.05) is 0 Å². The summed E-state index contributed by atoms with van der Waals surface area (Å²) in [5.74, 6) is -2.14. The predicted molar refractivity (Wildman–Crippen MR) is 73.3 cm³/mol. The van der Waals surface area contributed by atoms with E-state index in [1.165, 1.54) is 0 Å². The summed E-state index contributed by atoms with van der Waals surface area (Å²) < 4.78 is 53.7. The lowest BCUT2D eigenvalue weighted by Crippen LogP contribution is -2.63. The fourth-order valence-electron chi connectivity index (χ4n) is 2.94. The molecule has 1 unspecified atom stereocenters. The maximum absolute atomic E-state index is 13.6. The van der Waals surface area contributed by atoms with Crippen LogP contribution in [0.5, 0.6) is 0 Å². The number of hydrogen-bond acceptors (Lipinski definition) is 4. The van der Waals surface area contributed by atoms with E-state index in [1.54, 1.807) is 0 Å². The summed E-state index contributed by atoms with van der Waals surface area (Å²) in [6.07, 6.45) is 0. The summed E-state index contributed by atoms with van der Waals surface area (Å²) in [5.41, 5.74) is 0. The number of nitrogens with zero attached hydrogens (tertiary/aromatic N) is 2. The summed E-state index contributed by atoms with van der Waals surface area (Å²) in [5, 5.41) is 0. The first kappa shape index (κ1) is 14.8. The van der Waals surface area contributed by atoms with Crippen molar-refractivity contribution in [2.45, 2.75) is 10.9 Å². The second-order valence-electron chi connectivity index (χ2n) is 5.39. The highest BCUT2D eigenvalue weighted by Crippen LogP contribution is 2.19. The molecular weight excluding hydrogens is 300 g/mol. The lowest BCUT2D eigenvalue weighted by molar-refractivity contribution is 0.0158. The van der Waals surface area contributed by atoms with Gasteiger partial charge in [-0.25, -0.2) is 21.9 Å². The number of sulfonamides is 1. The molecule has 0 spiro atoms. The molecular formula is C13H17F2N3O2S. The molecule has 0 aliphatic carbocycles. The summed E-state index contributed by atoms with van der Waals surface area (Å²) >= 11 is 0. The molecule has 21 heavy (non-hydrogen) atoms. The van der Waals surface area contributed by atoms with E-state index >= 15 is 0 Å². The Bertz CT molecular complexity index is 610. The van der Waals surface area contributed by atoms with E-state index in [2.05, 4.69) is 14.5 Å². The molecule has 116 valence electrons. The molecule has 0 amide bonds. The second-order valence-corrected chi connectivity index (χ2v) is 7.10. The molecule has 4 rings (SSSR count). The van der Waals surface area contributed by atoms with Gasteiger partial charge in [-0.2, -0.15) is 0 Å². The molecule has 0 saturated carbocycles. The number of rotatable bonds is 4. The predicted octanol–water partition coefficient (Wildman–Crippen LogP) is 0.243. The van der Waals surface area contributed by atoms with Gasteiger partial charge in [-0.3, -0.25) is 9.80 Å². The molecule has 3 aliphatic rings. The molecule has 1 aromatic rings. The minimum absolute atomic E-state index is 0.0529. The minimum atomic E-state index is -4.18. The van der Waals surface area contributed by atoms with E-state index < -0.39 is 26.6 Å². The molecule has 2 bridgehead atoms. The minimum Gasteiger partial charge on any atom is -0.299 e. The molecule has 0 aromatic heterocycles. The average molecular weight is 317 g/mol. The average Bonchev–Trinajstić information content (AvgIpc) is 2.46. The lowest BCUT2D eigenvalue weighted by Gasteiger charge is -2.47. The van der Waals surface area contributed by atoms with E-state index in [4.69, 9.17) is 0 Å². The van der Waals surface area contributed by atoms with E-state index in [-0.39, 0.29) is 12.6 Å². The monoisotopic (exact) mass is 317 g/mol. The maximum atomic E-state index is 13.6. The normalized spacial score (nSPS) is 28.8. The Balaban J connectivity index is 1.72. The first-order chi connectivity index (χ1) is 9.97. The van der Waals surface area contributed by atoms with Crippen molar-refractivity contribution in [3.63, 3.8) is 0 Å². The SMILES string of the molecule is O=S(=O)(NCC1CN2CCN1CC2)c1c(F)cccc1F. The molecule has 1 N–H and O–H groups in total. The third-order valence-electron chi connectivity index (χ3n) is 4.09. The molecule has 8 heteroatoms. The van der Waals surface area contributed by atoms with Gasteiger partial charge in [0, 0.05) is 45.3 Å². The van der Waals surface area contributed by atoms with Crippen molar-refractivity contribution in [2.75, 3.05) is 39.3 Å².